The van der Waals surface area contributed by atoms with Crippen molar-refractivity contribution < 1.29 is 19.4 Å². The van der Waals surface area contributed by atoms with Gasteiger partial charge in [-0.05, 0) is 61.4 Å². The van der Waals surface area contributed by atoms with E-state index in [1.54, 1.807) is 12.0 Å². The molecule has 2 heterocycles. The number of carbonyl (C=O) groups excluding carboxylic acids is 1. The van der Waals surface area contributed by atoms with Crippen LogP contribution in [0.4, 0.5) is 0 Å². The van der Waals surface area contributed by atoms with Crippen LogP contribution in [0.2, 0.25) is 10.0 Å². The summed E-state index contributed by atoms with van der Waals surface area (Å²) in [5.41, 5.74) is 2.53. The molecule has 210 valence electrons. The van der Waals surface area contributed by atoms with Crippen molar-refractivity contribution in [2.24, 2.45) is 4.99 Å². The van der Waals surface area contributed by atoms with E-state index >= 15 is 0 Å². The lowest BCUT2D eigenvalue weighted by molar-refractivity contribution is -0.138. The van der Waals surface area contributed by atoms with Crippen LogP contribution in [0.25, 0.3) is 0 Å². The van der Waals surface area contributed by atoms with Gasteiger partial charge in [0.05, 0.1) is 31.4 Å². The molecule has 0 aliphatic carbocycles. The zero-order valence-corrected chi connectivity index (χ0v) is 24.1. The molecule has 0 bridgehead atoms. The standard InChI is InChI=1S/C30H32Cl2N4O4/c1-18(2)40-25-16-23(39-3)12-13-24(25)29-34-27(19-4-8-21(31)9-5-19)28(20-6-10-22(32)11-7-20)36(29)30(38)35-15-14-33-26(37)17-35/h4-13,16,18,27-28,30,38H,14-15,17H2,1-3H3,(H,33,37)/t27-,28+,30?/m0/s1. The Kier molecular flexibility index (Phi) is 8.51. The van der Waals surface area contributed by atoms with E-state index in [2.05, 4.69) is 5.32 Å². The summed E-state index contributed by atoms with van der Waals surface area (Å²) in [5, 5.41) is 16.0. The van der Waals surface area contributed by atoms with Crippen LogP contribution >= 0.6 is 23.2 Å². The monoisotopic (exact) mass is 582 g/mol. The molecule has 0 radical (unpaired) electrons. The number of nitrogens with one attached hydrogen (secondary N) is 1. The summed E-state index contributed by atoms with van der Waals surface area (Å²) in [4.78, 5) is 21.2. The Morgan fingerprint density at radius 2 is 1.65 bits per heavy atom. The number of rotatable bonds is 8. The minimum absolute atomic E-state index is 0.0574. The van der Waals surface area contributed by atoms with Gasteiger partial charge in [-0.1, -0.05) is 47.5 Å². The van der Waals surface area contributed by atoms with Gasteiger partial charge in [0.15, 0.2) is 6.35 Å². The Morgan fingerprint density at radius 1 is 1.00 bits per heavy atom. The van der Waals surface area contributed by atoms with Crippen molar-refractivity contribution in [2.45, 2.75) is 38.4 Å². The average molecular weight is 584 g/mol. The van der Waals surface area contributed by atoms with Crippen molar-refractivity contribution in [2.75, 3.05) is 26.7 Å². The summed E-state index contributed by atoms with van der Waals surface area (Å²) < 4.78 is 11.7. The fourth-order valence-corrected chi connectivity index (χ4v) is 5.38. The van der Waals surface area contributed by atoms with E-state index in [9.17, 15) is 9.90 Å². The third kappa shape index (κ3) is 5.90. The maximum Gasteiger partial charge on any atom is 0.234 e. The lowest BCUT2D eigenvalue weighted by Gasteiger charge is -2.41. The van der Waals surface area contributed by atoms with E-state index in [0.29, 0.717) is 46.0 Å². The zero-order chi connectivity index (χ0) is 28.4. The molecule has 1 amide bonds. The molecule has 5 rings (SSSR count). The number of aliphatic hydroxyl groups excluding tert-OH is 1. The fourth-order valence-electron chi connectivity index (χ4n) is 5.13. The summed E-state index contributed by atoms with van der Waals surface area (Å²) in [7, 11) is 1.60. The molecule has 3 aromatic carbocycles. The minimum Gasteiger partial charge on any atom is -0.497 e. The predicted octanol–water partition coefficient (Wildman–Crippen LogP) is 5.04. The van der Waals surface area contributed by atoms with Gasteiger partial charge in [-0.3, -0.25) is 9.79 Å². The molecule has 0 saturated carbocycles. The van der Waals surface area contributed by atoms with Gasteiger partial charge in [-0.2, -0.15) is 0 Å². The number of piperazine rings is 1. The minimum atomic E-state index is -1.16. The number of nitrogens with zero attached hydrogens (tertiary/aromatic N) is 3. The Bertz CT molecular complexity index is 1380. The lowest BCUT2D eigenvalue weighted by atomic mass is 9.93. The molecule has 1 unspecified atom stereocenters. The molecular weight excluding hydrogens is 551 g/mol. The molecule has 1 fully saturated rings. The van der Waals surface area contributed by atoms with Crippen molar-refractivity contribution in [3.05, 3.63) is 93.5 Å². The van der Waals surface area contributed by atoms with Crippen molar-refractivity contribution in [1.29, 1.82) is 0 Å². The van der Waals surface area contributed by atoms with Crippen molar-refractivity contribution in [3.63, 3.8) is 0 Å². The van der Waals surface area contributed by atoms with Gasteiger partial charge < -0.3 is 24.8 Å². The molecule has 2 aliphatic rings. The molecule has 8 nitrogen and oxygen atoms in total. The van der Waals surface area contributed by atoms with Crippen molar-refractivity contribution in [3.8, 4) is 11.5 Å². The van der Waals surface area contributed by atoms with Gasteiger partial charge in [-0.25, -0.2) is 4.90 Å². The van der Waals surface area contributed by atoms with E-state index in [4.69, 9.17) is 37.7 Å². The maximum atomic E-state index is 12.3. The summed E-state index contributed by atoms with van der Waals surface area (Å²) in [6.45, 7) is 4.87. The quantitative estimate of drug-likeness (QED) is 0.387. The number of hydrogen-bond acceptors (Lipinski definition) is 7. The molecule has 40 heavy (non-hydrogen) atoms. The first-order chi connectivity index (χ1) is 19.2. The van der Waals surface area contributed by atoms with E-state index in [-0.39, 0.29) is 18.6 Å². The number of halogens is 2. The van der Waals surface area contributed by atoms with Crippen LogP contribution in [-0.2, 0) is 4.79 Å². The predicted molar refractivity (Wildman–Crippen MR) is 156 cm³/mol. The third-order valence-corrected chi connectivity index (χ3v) is 7.47. The number of benzene rings is 3. The van der Waals surface area contributed by atoms with Crippen LogP contribution in [0.3, 0.4) is 0 Å². The van der Waals surface area contributed by atoms with Crippen LogP contribution in [0, 0.1) is 0 Å². The first kappa shape index (κ1) is 28.2. The fraction of sp³-hybridized carbons (Fsp3) is 0.333. The number of methoxy groups -OCH3 is 1. The van der Waals surface area contributed by atoms with Crippen molar-refractivity contribution in [1.82, 2.24) is 15.1 Å². The van der Waals surface area contributed by atoms with Gasteiger partial charge in [0.1, 0.15) is 23.4 Å². The number of amides is 1. The van der Waals surface area contributed by atoms with Gasteiger partial charge >= 0.3 is 0 Å². The first-order valence-electron chi connectivity index (χ1n) is 13.2. The van der Waals surface area contributed by atoms with Gasteiger partial charge in [0.2, 0.25) is 5.91 Å². The number of aliphatic imine (C=N–C) groups is 1. The first-order valence-corrected chi connectivity index (χ1v) is 13.9. The maximum absolute atomic E-state index is 12.3. The Morgan fingerprint density at radius 3 is 2.25 bits per heavy atom. The number of hydrogen-bond donors (Lipinski definition) is 2. The lowest BCUT2D eigenvalue weighted by Crippen LogP contribution is -2.58. The number of amidine groups is 1. The molecule has 2 N–H and O–H groups in total. The largest absolute Gasteiger partial charge is 0.497 e. The van der Waals surface area contributed by atoms with E-state index in [1.165, 1.54) is 0 Å². The molecule has 10 heteroatoms. The Balaban J connectivity index is 1.70. The van der Waals surface area contributed by atoms with Crippen molar-refractivity contribution >= 4 is 34.9 Å². The molecule has 0 aromatic heterocycles. The molecule has 2 aliphatic heterocycles. The Labute approximate surface area is 244 Å². The highest BCUT2D eigenvalue weighted by Crippen LogP contribution is 2.46. The summed E-state index contributed by atoms with van der Waals surface area (Å²) in [6.07, 6.45) is -1.27. The normalized spacial score (nSPS) is 20.3. The molecule has 3 atom stereocenters. The molecule has 3 aromatic rings. The second-order valence-corrected chi connectivity index (χ2v) is 10.9. The SMILES string of the molecule is COc1ccc(C2=N[C@@H](c3ccc(Cl)cc3)[C@@H](c3ccc(Cl)cc3)N2C(O)N2CCNC(=O)C2)c(OC(C)C)c1. The second-order valence-electron chi connectivity index (χ2n) is 10.0. The topological polar surface area (TPSA) is 86.6 Å². The van der Waals surface area contributed by atoms with E-state index in [1.807, 2.05) is 85.5 Å². The third-order valence-electron chi connectivity index (χ3n) is 6.96. The molecular formula is C30H32Cl2N4O4. The highest BCUT2D eigenvalue weighted by molar-refractivity contribution is 6.30. The highest BCUT2D eigenvalue weighted by Gasteiger charge is 2.45. The van der Waals surface area contributed by atoms with Gasteiger partial charge in [-0.15, -0.1) is 0 Å². The summed E-state index contributed by atoms with van der Waals surface area (Å²) >= 11 is 12.5. The van der Waals surface area contributed by atoms with Crippen LogP contribution in [-0.4, -0.2) is 65.8 Å². The number of aliphatic hydroxyl groups is 1. The smallest absolute Gasteiger partial charge is 0.234 e. The van der Waals surface area contributed by atoms with Crippen LogP contribution in [0.15, 0.2) is 71.7 Å². The van der Waals surface area contributed by atoms with E-state index in [0.717, 1.165) is 11.1 Å². The summed E-state index contributed by atoms with van der Waals surface area (Å²) in [5.74, 6) is 1.61. The van der Waals surface area contributed by atoms with Gasteiger partial charge in [0.25, 0.3) is 0 Å². The van der Waals surface area contributed by atoms with E-state index < -0.39 is 18.4 Å². The molecule has 0 spiro atoms. The Hall–Kier alpha value is -3.30. The molecule has 1 saturated heterocycles. The average Bonchev–Trinajstić information content (AvgIpc) is 3.33. The number of ether oxygens (including phenoxy) is 2. The van der Waals surface area contributed by atoms with Gasteiger partial charge in [0, 0.05) is 29.2 Å². The second kappa shape index (κ2) is 12.1. The van der Waals surface area contributed by atoms with Crippen LogP contribution < -0.4 is 14.8 Å². The summed E-state index contributed by atoms with van der Waals surface area (Å²) in [6, 6.07) is 19.8. The van der Waals surface area contributed by atoms with Crippen LogP contribution in [0.5, 0.6) is 11.5 Å². The zero-order valence-electron chi connectivity index (χ0n) is 22.6. The number of carbonyl (C=O) groups is 1. The highest BCUT2D eigenvalue weighted by atomic mass is 35.5. The van der Waals surface area contributed by atoms with Crippen LogP contribution in [0.1, 0.15) is 42.6 Å².